The van der Waals surface area contributed by atoms with E-state index in [0.29, 0.717) is 6.61 Å². The highest BCUT2D eigenvalue weighted by Gasteiger charge is 2.05. The van der Waals surface area contributed by atoms with Crippen LogP contribution < -0.4 is 5.56 Å². The zero-order valence-corrected chi connectivity index (χ0v) is 9.59. The second kappa shape index (κ2) is 5.66. The monoisotopic (exact) mass is 210 g/mol. The van der Waals surface area contributed by atoms with E-state index in [2.05, 4.69) is 9.97 Å². The molecule has 0 radical (unpaired) electrons. The van der Waals surface area contributed by atoms with E-state index in [0.717, 1.165) is 36.3 Å². The molecule has 0 aliphatic heterocycles. The number of rotatable bonds is 5. The third-order valence-electron chi connectivity index (χ3n) is 2.39. The molecule has 1 aromatic rings. The van der Waals surface area contributed by atoms with Crippen LogP contribution in [0.3, 0.4) is 0 Å². The van der Waals surface area contributed by atoms with Gasteiger partial charge in [0.25, 0.3) is 5.56 Å². The summed E-state index contributed by atoms with van der Waals surface area (Å²) in [7, 11) is 1.67. The molecule has 0 saturated carbocycles. The summed E-state index contributed by atoms with van der Waals surface area (Å²) in [5.74, 6) is 0.756. The molecule has 1 aromatic heterocycles. The van der Waals surface area contributed by atoms with Crippen molar-refractivity contribution in [3.8, 4) is 0 Å². The molecule has 84 valence electrons. The van der Waals surface area contributed by atoms with Crippen molar-refractivity contribution in [1.82, 2.24) is 9.97 Å². The molecule has 0 unspecified atom stereocenters. The van der Waals surface area contributed by atoms with Crippen LogP contribution in [-0.2, 0) is 17.6 Å². The zero-order chi connectivity index (χ0) is 11.3. The van der Waals surface area contributed by atoms with Crippen molar-refractivity contribution in [3.63, 3.8) is 0 Å². The van der Waals surface area contributed by atoms with Crippen LogP contribution in [0.5, 0.6) is 0 Å². The SMILES string of the molecule is CCc1c(C)nc(CCCOC)[nH]c1=O. The van der Waals surface area contributed by atoms with Crippen LogP contribution in [0.2, 0.25) is 0 Å². The minimum atomic E-state index is -0.00239. The van der Waals surface area contributed by atoms with Gasteiger partial charge in [-0.25, -0.2) is 4.98 Å². The molecular weight excluding hydrogens is 192 g/mol. The number of nitrogens with one attached hydrogen (secondary N) is 1. The minimum Gasteiger partial charge on any atom is -0.385 e. The Morgan fingerprint density at radius 3 is 2.73 bits per heavy atom. The molecule has 4 nitrogen and oxygen atoms in total. The highest BCUT2D eigenvalue weighted by molar-refractivity contribution is 5.16. The number of aromatic amines is 1. The Kier molecular flexibility index (Phi) is 4.49. The molecule has 0 aliphatic carbocycles. The second-order valence-corrected chi connectivity index (χ2v) is 3.53. The Hall–Kier alpha value is -1.16. The van der Waals surface area contributed by atoms with Gasteiger partial charge in [0, 0.05) is 31.4 Å². The standard InChI is InChI=1S/C11H18N2O2/c1-4-9-8(2)12-10(13-11(9)14)6-5-7-15-3/h4-7H2,1-3H3,(H,12,13,14). The lowest BCUT2D eigenvalue weighted by Crippen LogP contribution is -2.18. The van der Waals surface area contributed by atoms with Gasteiger partial charge in [-0.1, -0.05) is 6.92 Å². The number of ether oxygens (including phenoxy) is 1. The fraction of sp³-hybridized carbons (Fsp3) is 0.636. The van der Waals surface area contributed by atoms with Crippen LogP contribution >= 0.6 is 0 Å². The maximum absolute atomic E-state index is 11.6. The van der Waals surface area contributed by atoms with Crippen LogP contribution in [0.4, 0.5) is 0 Å². The molecule has 4 heteroatoms. The summed E-state index contributed by atoms with van der Waals surface area (Å²) in [6, 6.07) is 0. The molecule has 0 bridgehead atoms. The molecule has 0 fully saturated rings. The first kappa shape index (κ1) is 11.9. The Balaban J connectivity index is 2.80. The van der Waals surface area contributed by atoms with Crippen molar-refractivity contribution in [2.75, 3.05) is 13.7 Å². The Morgan fingerprint density at radius 2 is 2.20 bits per heavy atom. The first-order chi connectivity index (χ1) is 7.19. The quantitative estimate of drug-likeness (QED) is 0.743. The van der Waals surface area contributed by atoms with Gasteiger partial charge < -0.3 is 9.72 Å². The van der Waals surface area contributed by atoms with Crippen molar-refractivity contribution in [3.05, 3.63) is 27.4 Å². The molecule has 15 heavy (non-hydrogen) atoms. The highest BCUT2D eigenvalue weighted by Crippen LogP contribution is 2.01. The lowest BCUT2D eigenvalue weighted by molar-refractivity contribution is 0.194. The van der Waals surface area contributed by atoms with Gasteiger partial charge in [0.15, 0.2) is 0 Å². The van der Waals surface area contributed by atoms with E-state index in [4.69, 9.17) is 4.74 Å². The summed E-state index contributed by atoms with van der Waals surface area (Å²) >= 11 is 0. The van der Waals surface area contributed by atoms with Crippen LogP contribution in [0.1, 0.15) is 30.4 Å². The third kappa shape index (κ3) is 3.16. The van der Waals surface area contributed by atoms with Gasteiger partial charge in [0.2, 0.25) is 0 Å². The van der Waals surface area contributed by atoms with Crippen molar-refractivity contribution in [2.24, 2.45) is 0 Å². The summed E-state index contributed by atoms with van der Waals surface area (Å²) < 4.78 is 4.95. The van der Waals surface area contributed by atoms with Crippen LogP contribution in [-0.4, -0.2) is 23.7 Å². The van der Waals surface area contributed by atoms with Crippen LogP contribution in [0.15, 0.2) is 4.79 Å². The van der Waals surface area contributed by atoms with Gasteiger partial charge in [-0.2, -0.15) is 0 Å². The number of aromatic nitrogens is 2. The van der Waals surface area contributed by atoms with Gasteiger partial charge in [0.05, 0.1) is 0 Å². The van der Waals surface area contributed by atoms with E-state index in [1.54, 1.807) is 7.11 Å². The van der Waals surface area contributed by atoms with Gasteiger partial charge in [-0.3, -0.25) is 4.79 Å². The van der Waals surface area contributed by atoms with E-state index in [-0.39, 0.29) is 5.56 Å². The van der Waals surface area contributed by atoms with E-state index in [1.165, 1.54) is 0 Å². The number of hydrogen-bond donors (Lipinski definition) is 1. The average molecular weight is 210 g/mol. The molecule has 1 heterocycles. The van der Waals surface area contributed by atoms with E-state index < -0.39 is 0 Å². The van der Waals surface area contributed by atoms with Crippen molar-refractivity contribution >= 4 is 0 Å². The van der Waals surface area contributed by atoms with Gasteiger partial charge in [0.1, 0.15) is 5.82 Å². The molecular formula is C11H18N2O2. The van der Waals surface area contributed by atoms with Gasteiger partial charge in [-0.15, -0.1) is 0 Å². The Morgan fingerprint density at radius 1 is 1.47 bits per heavy atom. The molecule has 0 saturated heterocycles. The second-order valence-electron chi connectivity index (χ2n) is 3.53. The Bertz CT molecular complexity index is 371. The number of nitrogens with zero attached hydrogens (tertiary/aromatic N) is 1. The van der Waals surface area contributed by atoms with Gasteiger partial charge >= 0.3 is 0 Å². The predicted molar refractivity (Wildman–Crippen MR) is 59.2 cm³/mol. The first-order valence-corrected chi connectivity index (χ1v) is 5.26. The number of H-pyrrole nitrogens is 1. The first-order valence-electron chi connectivity index (χ1n) is 5.26. The maximum Gasteiger partial charge on any atom is 0.254 e. The fourth-order valence-electron chi connectivity index (χ4n) is 1.59. The van der Waals surface area contributed by atoms with E-state index in [1.807, 2.05) is 13.8 Å². The lowest BCUT2D eigenvalue weighted by Gasteiger charge is -2.05. The van der Waals surface area contributed by atoms with Crippen molar-refractivity contribution in [1.29, 1.82) is 0 Å². The molecule has 0 atom stereocenters. The van der Waals surface area contributed by atoms with Gasteiger partial charge in [-0.05, 0) is 19.8 Å². The largest absolute Gasteiger partial charge is 0.385 e. The summed E-state index contributed by atoms with van der Waals surface area (Å²) in [6.07, 6.45) is 2.37. The predicted octanol–water partition coefficient (Wildman–Crippen LogP) is 1.22. The molecule has 1 rings (SSSR count). The maximum atomic E-state index is 11.6. The fourth-order valence-corrected chi connectivity index (χ4v) is 1.59. The third-order valence-corrected chi connectivity index (χ3v) is 2.39. The summed E-state index contributed by atoms with van der Waals surface area (Å²) in [5.41, 5.74) is 1.62. The minimum absolute atomic E-state index is 0.00239. The number of methoxy groups -OCH3 is 1. The number of aryl methyl sites for hydroxylation is 2. The van der Waals surface area contributed by atoms with Crippen molar-refractivity contribution < 1.29 is 4.74 Å². The zero-order valence-electron chi connectivity index (χ0n) is 9.59. The molecule has 0 spiro atoms. The molecule has 1 N–H and O–H groups in total. The average Bonchev–Trinajstić information content (AvgIpc) is 2.18. The van der Waals surface area contributed by atoms with E-state index >= 15 is 0 Å². The highest BCUT2D eigenvalue weighted by atomic mass is 16.5. The number of hydrogen-bond acceptors (Lipinski definition) is 3. The molecule has 0 aromatic carbocycles. The topological polar surface area (TPSA) is 55.0 Å². The molecule has 0 amide bonds. The summed E-state index contributed by atoms with van der Waals surface area (Å²) in [5, 5.41) is 0. The smallest absolute Gasteiger partial charge is 0.254 e. The van der Waals surface area contributed by atoms with Crippen LogP contribution in [0.25, 0.3) is 0 Å². The Labute approximate surface area is 89.7 Å². The lowest BCUT2D eigenvalue weighted by atomic mass is 10.2. The summed E-state index contributed by atoms with van der Waals surface area (Å²) in [6.45, 7) is 4.54. The summed E-state index contributed by atoms with van der Waals surface area (Å²) in [4.78, 5) is 18.8. The van der Waals surface area contributed by atoms with Crippen molar-refractivity contribution in [2.45, 2.75) is 33.1 Å². The molecule has 0 aliphatic rings. The van der Waals surface area contributed by atoms with E-state index in [9.17, 15) is 4.79 Å². The van der Waals surface area contributed by atoms with Crippen LogP contribution in [0, 0.1) is 6.92 Å². The normalized spacial score (nSPS) is 10.6.